The molecule has 2 saturated heterocycles. The molecule has 2 aliphatic rings. The molecular weight excluding hydrogens is 524 g/mol. The van der Waals surface area contributed by atoms with E-state index in [4.69, 9.17) is 20.2 Å². The molecular formula is C29H32N8O4. The Labute approximate surface area is 235 Å². The number of rotatable bonds is 7. The van der Waals surface area contributed by atoms with E-state index in [-0.39, 0.29) is 12.4 Å². The van der Waals surface area contributed by atoms with Crippen LogP contribution in [-0.2, 0) is 18.2 Å². The molecule has 12 heteroatoms. The summed E-state index contributed by atoms with van der Waals surface area (Å²) in [7, 11) is 1.83. The van der Waals surface area contributed by atoms with Crippen LogP contribution in [0.4, 0.5) is 11.5 Å². The van der Waals surface area contributed by atoms with Crippen LogP contribution in [0.1, 0.15) is 30.8 Å². The van der Waals surface area contributed by atoms with Crippen LogP contribution in [0.25, 0.3) is 27.7 Å². The van der Waals surface area contributed by atoms with Crippen LogP contribution < -0.4 is 15.4 Å². The van der Waals surface area contributed by atoms with Gasteiger partial charge in [-0.2, -0.15) is 10.2 Å². The van der Waals surface area contributed by atoms with Crippen molar-refractivity contribution in [1.29, 1.82) is 0 Å². The number of aryl methyl sites for hydroxylation is 2. The van der Waals surface area contributed by atoms with Gasteiger partial charge in [0.25, 0.3) is 0 Å². The molecule has 0 bridgehead atoms. The number of ether oxygens (including phenoxy) is 2. The number of aromatic nitrogens is 6. The smallest absolute Gasteiger partial charge is 0.152 e. The zero-order chi connectivity index (χ0) is 28.2. The fourth-order valence-corrected chi connectivity index (χ4v) is 5.69. The van der Waals surface area contributed by atoms with Gasteiger partial charge in [-0.3, -0.25) is 9.67 Å². The van der Waals surface area contributed by atoms with Crippen molar-refractivity contribution in [3.8, 4) is 17.0 Å². The summed E-state index contributed by atoms with van der Waals surface area (Å²) in [6.45, 7) is 4.25. The number of hydrogen-bond donors (Lipinski definition) is 3. The molecule has 0 spiro atoms. The van der Waals surface area contributed by atoms with Gasteiger partial charge in [0.15, 0.2) is 5.82 Å². The molecule has 41 heavy (non-hydrogen) atoms. The third kappa shape index (κ3) is 4.35. The first-order chi connectivity index (χ1) is 19.9. The Bertz CT molecular complexity index is 1750. The molecule has 0 amide bonds. The van der Waals surface area contributed by atoms with Gasteiger partial charge in [0.2, 0.25) is 0 Å². The highest BCUT2D eigenvalue weighted by Crippen LogP contribution is 2.39. The summed E-state index contributed by atoms with van der Waals surface area (Å²) in [4.78, 5) is 11.3. The second-order valence-electron chi connectivity index (χ2n) is 10.7. The summed E-state index contributed by atoms with van der Waals surface area (Å²) >= 11 is 0. The van der Waals surface area contributed by atoms with Crippen LogP contribution in [0, 0.1) is 0 Å². The molecule has 4 aromatic heterocycles. The van der Waals surface area contributed by atoms with Gasteiger partial charge in [0, 0.05) is 54.7 Å². The summed E-state index contributed by atoms with van der Waals surface area (Å²) in [5, 5.41) is 31.9. The maximum atomic E-state index is 11.0. The molecule has 6 heterocycles. The van der Waals surface area contributed by atoms with Gasteiger partial charge >= 0.3 is 0 Å². The van der Waals surface area contributed by atoms with E-state index in [9.17, 15) is 10.2 Å². The van der Waals surface area contributed by atoms with E-state index in [1.165, 1.54) is 18.4 Å². The molecule has 4 atom stereocenters. The fraction of sp³-hybridized carbons (Fsp3) is 0.379. The molecule has 4 N–H and O–H groups in total. The Balaban J connectivity index is 1.14. The highest BCUT2D eigenvalue weighted by molar-refractivity contribution is 5.93. The largest absolute Gasteiger partial charge is 0.491 e. The van der Waals surface area contributed by atoms with E-state index in [1.807, 2.05) is 43.6 Å². The second-order valence-corrected chi connectivity index (χ2v) is 10.7. The molecule has 1 aromatic carbocycles. The average molecular weight is 557 g/mol. The van der Waals surface area contributed by atoms with Crippen molar-refractivity contribution in [2.75, 3.05) is 30.3 Å². The zero-order valence-corrected chi connectivity index (χ0v) is 22.9. The van der Waals surface area contributed by atoms with Crippen molar-refractivity contribution in [2.24, 2.45) is 7.05 Å². The van der Waals surface area contributed by atoms with E-state index in [0.717, 1.165) is 36.1 Å². The number of nitrogens with two attached hydrogens (primary N) is 1. The van der Waals surface area contributed by atoms with E-state index in [2.05, 4.69) is 33.1 Å². The maximum Gasteiger partial charge on any atom is 0.152 e. The molecule has 0 saturated carbocycles. The van der Waals surface area contributed by atoms with E-state index in [0.29, 0.717) is 28.2 Å². The molecule has 2 aliphatic heterocycles. The summed E-state index contributed by atoms with van der Waals surface area (Å²) in [6.07, 6.45) is 1.18. The number of nitrogen functional groups attached to an aromatic ring is 1. The molecule has 12 nitrogen and oxygen atoms in total. The maximum absolute atomic E-state index is 11.0. The lowest BCUT2D eigenvalue weighted by molar-refractivity contribution is -0.0187. The number of nitrogens with zero attached hydrogens (tertiary/aromatic N) is 7. The number of benzene rings is 1. The minimum absolute atomic E-state index is 0.0419. The van der Waals surface area contributed by atoms with Gasteiger partial charge < -0.3 is 30.3 Å². The van der Waals surface area contributed by atoms with Crippen molar-refractivity contribution in [1.82, 2.24) is 29.4 Å². The van der Waals surface area contributed by atoms with Crippen LogP contribution in [0.2, 0.25) is 0 Å². The van der Waals surface area contributed by atoms with E-state index < -0.39 is 24.4 Å². The minimum Gasteiger partial charge on any atom is -0.491 e. The lowest BCUT2D eigenvalue weighted by atomic mass is 10.1. The number of fused-ring (bicyclic) bond motifs is 2. The second kappa shape index (κ2) is 9.98. The van der Waals surface area contributed by atoms with Gasteiger partial charge in [-0.25, -0.2) is 9.50 Å². The van der Waals surface area contributed by atoms with Gasteiger partial charge in [-0.05, 0) is 43.2 Å². The number of anilines is 2. The van der Waals surface area contributed by atoms with Crippen molar-refractivity contribution >= 4 is 27.9 Å². The summed E-state index contributed by atoms with van der Waals surface area (Å²) in [5.41, 5.74) is 11.8. The van der Waals surface area contributed by atoms with Crippen LogP contribution in [0.3, 0.4) is 0 Å². The molecule has 212 valence electrons. The van der Waals surface area contributed by atoms with Crippen molar-refractivity contribution in [3.63, 3.8) is 0 Å². The summed E-state index contributed by atoms with van der Waals surface area (Å²) in [5.74, 6) is 0.890. The highest BCUT2D eigenvalue weighted by Gasteiger charge is 2.45. The van der Waals surface area contributed by atoms with Crippen molar-refractivity contribution < 1.29 is 19.7 Å². The van der Waals surface area contributed by atoms with Gasteiger partial charge in [-0.15, -0.1) is 0 Å². The third-order valence-electron chi connectivity index (χ3n) is 8.04. The SMILES string of the molecule is CCc1cc(N2CCC2)c2ccc(OC[C@H]3O[C@@H](c4cc(-c5ccn(C)n5)c5c(N)ncnn45)[C@H](O)[C@@H]3O)cc2n1. The van der Waals surface area contributed by atoms with Gasteiger partial charge in [0.1, 0.15) is 48.6 Å². The van der Waals surface area contributed by atoms with Crippen LogP contribution in [0.15, 0.2) is 48.9 Å². The molecule has 0 radical (unpaired) electrons. The van der Waals surface area contributed by atoms with E-state index in [1.54, 1.807) is 9.20 Å². The predicted molar refractivity (Wildman–Crippen MR) is 153 cm³/mol. The monoisotopic (exact) mass is 556 g/mol. The Hall–Kier alpha value is -4.26. The van der Waals surface area contributed by atoms with Crippen molar-refractivity contribution in [3.05, 3.63) is 60.3 Å². The van der Waals surface area contributed by atoms with Crippen LogP contribution in [-0.4, -0.2) is 77.6 Å². The number of aliphatic hydroxyl groups is 2. The Morgan fingerprint density at radius 3 is 2.71 bits per heavy atom. The zero-order valence-electron chi connectivity index (χ0n) is 22.9. The Morgan fingerprint density at radius 2 is 1.98 bits per heavy atom. The molecule has 7 rings (SSSR count). The number of pyridine rings is 1. The standard InChI is InChI=1S/C29H32N8O4/c1-3-16-11-22(36-8-4-9-36)18-6-5-17(12-21(18)33-16)40-14-24-26(38)27(39)28(41-24)23-13-19(20-7-10-35(2)34-20)25-29(30)31-15-32-37(23)25/h5-7,10-13,15,24,26-28,38-39H,3-4,8-9,14H2,1-2H3,(H2,30,31,32)/t24-,26-,27-,28+/m1/s1. The Morgan fingerprint density at radius 1 is 1.12 bits per heavy atom. The number of hydrogen-bond acceptors (Lipinski definition) is 10. The first-order valence-electron chi connectivity index (χ1n) is 13.9. The highest BCUT2D eigenvalue weighted by atomic mass is 16.6. The quantitative estimate of drug-likeness (QED) is 0.273. The Kier molecular flexibility index (Phi) is 6.25. The first kappa shape index (κ1) is 25.7. The molecule has 0 aliphatic carbocycles. The summed E-state index contributed by atoms with van der Waals surface area (Å²) in [6, 6.07) is 11.7. The summed E-state index contributed by atoms with van der Waals surface area (Å²) < 4.78 is 15.6. The third-order valence-corrected chi connectivity index (χ3v) is 8.04. The average Bonchev–Trinajstić information content (AvgIpc) is 3.62. The topological polar surface area (TPSA) is 149 Å². The molecule has 5 aromatic rings. The number of aliphatic hydroxyl groups excluding tert-OH is 2. The molecule has 0 unspecified atom stereocenters. The molecule has 2 fully saturated rings. The van der Waals surface area contributed by atoms with E-state index >= 15 is 0 Å². The van der Waals surface area contributed by atoms with Gasteiger partial charge in [-0.1, -0.05) is 6.92 Å². The minimum atomic E-state index is -1.21. The lowest BCUT2D eigenvalue weighted by Gasteiger charge is -2.34. The van der Waals surface area contributed by atoms with Crippen LogP contribution in [0.5, 0.6) is 5.75 Å². The fourth-order valence-electron chi connectivity index (χ4n) is 5.69. The lowest BCUT2D eigenvalue weighted by Crippen LogP contribution is -2.37. The predicted octanol–water partition coefficient (Wildman–Crippen LogP) is 2.27. The van der Waals surface area contributed by atoms with Crippen LogP contribution >= 0.6 is 0 Å². The normalized spacial score (nSPS) is 22.5. The first-order valence-corrected chi connectivity index (χ1v) is 13.9. The van der Waals surface area contributed by atoms with Crippen molar-refractivity contribution in [2.45, 2.75) is 44.2 Å². The van der Waals surface area contributed by atoms with Gasteiger partial charge in [0.05, 0.1) is 16.9 Å².